The van der Waals surface area contributed by atoms with Crippen LogP contribution in [0.1, 0.15) is 40.8 Å². The van der Waals surface area contributed by atoms with Gasteiger partial charge in [-0.1, -0.05) is 5.09 Å². The Labute approximate surface area is 196 Å². The highest BCUT2D eigenvalue weighted by atomic mass is 31.1. The van der Waals surface area contributed by atoms with Gasteiger partial charge in [-0.2, -0.15) is 9.97 Å². The van der Waals surface area contributed by atoms with Crippen LogP contribution in [0.3, 0.4) is 0 Å². The number of anilines is 1. The Balaban J connectivity index is 1.71. The minimum atomic E-state index is -2.53. The molecule has 3 heterocycles. The van der Waals surface area contributed by atoms with E-state index in [1.165, 1.54) is 17.8 Å². The molecule has 4 N–H and O–H groups in total. The fourth-order valence-corrected chi connectivity index (χ4v) is 4.17. The van der Waals surface area contributed by atoms with Crippen LogP contribution in [0.15, 0.2) is 6.33 Å². The second kappa shape index (κ2) is 10.4. The smallest absolute Gasteiger partial charge is 0.476 e. The Morgan fingerprint density at radius 2 is 2.15 bits per heavy atom. The Morgan fingerprint density at radius 1 is 1.44 bits per heavy atom. The Kier molecular flexibility index (Phi) is 7.98. The summed E-state index contributed by atoms with van der Waals surface area (Å²) in [5.74, 6) is -0.573. The van der Waals surface area contributed by atoms with Gasteiger partial charge in [0.05, 0.1) is 19.0 Å². The van der Waals surface area contributed by atoms with Gasteiger partial charge < -0.3 is 25.1 Å². The molecular weight excluding hydrogens is 474 g/mol. The van der Waals surface area contributed by atoms with E-state index in [9.17, 15) is 14.5 Å². The minimum Gasteiger partial charge on any atom is -0.476 e. The first-order valence-electron chi connectivity index (χ1n) is 10.7. The number of carbonyl (C=O) groups excluding carboxylic acids is 1. The lowest BCUT2D eigenvalue weighted by atomic mass is 9.98. The molecule has 0 amide bonds. The van der Waals surface area contributed by atoms with Crippen LogP contribution in [0.5, 0.6) is 5.88 Å². The van der Waals surface area contributed by atoms with Gasteiger partial charge >= 0.3 is 14.1 Å². The lowest BCUT2D eigenvalue weighted by molar-refractivity contribution is -0.149. The van der Waals surface area contributed by atoms with Gasteiger partial charge in [0.25, 0.3) is 0 Å². The molecule has 2 aromatic rings. The highest BCUT2D eigenvalue weighted by molar-refractivity contribution is 7.36. The highest BCUT2D eigenvalue weighted by Gasteiger charge is 2.56. The van der Waals surface area contributed by atoms with Crippen LogP contribution in [0.2, 0.25) is 0 Å². The number of rotatable bonds is 10. The highest BCUT2D eigenvalue weighted by Crippen LogP contribution is 2.43. The molecule has 0 saturated carbocycles. The largest absolute Gasteiger partial charge is 0.613 e. The van der Waals surface area contributed by atoms with Crippen molar-refractivity contribution < 1.29 is 37.6 Å². The van der Waals surface area contributed by atoms with E-state index in [4.69, 9.17) is 24.5 Å². The third-order valence-corrected chi connectivity index (χ3v) is 6.00. The van der Waals surface area contributed by atoms with Gasteiger partial charge in [-0.05, 0) is 39.2 Å². The number of imidazole rings is 1. The van der Waals surface area contributed by atoms with Crippen molar-refractivity contribution in [3.05, 3.63) is 6.33 Å². The molecule has 1 aliphatic heterocycles. The first-order chi connectivity index (χ1) is 15.9. The molecule has 34 heavy (non-hydrogen) atoms. The third kappa shape index (κ3) is 5.41. The van der Waals surface area contributed by atoms with E-state index in [1.807, 2.05) is 0 Å². The van der Waals surface area contributed by atoms with Gasteiger partial charge in [-0.15, -0.1) is 4.52 Å². The van der Waals surface area contributed by atoms with E-state index in [0.717, 1.165) is 6.92 Å². The quantitative estimate of drug-likeness (QED) is 0.315. The molecule has 2 aromatic heterocycles. The number of fused-ring (bicyclic) bond motifs is 1. The molecule has 1 fully saturated rings. The minimum absolute atomic E-state index is 0.107. The first-order valence-corrected chi connectivity index (χ1v) is 11.9. The maximum Gasteiger partial charge on any atom is 0.613 e. The van der Waals surface area contributed by atoms with E-state index in [1.54, 1.807) is 20.8 Å². The lowest BCUT2D eigenvalue weighted by Gasteiger charge is -2.24. The van der Waals surface area contributed by atoms with Crippen molar-refractivity contribution in [3.8, 4) is 5.88 Å². The Morgan fingerprint density at radius 3 is 2.79 bits per heavy atom. The number of carbonyl (C=O) groups is 1. The summed E-state index contributed by atoms with van der Waals surface area (Å²) in [6.45, 7) is 7.64. The summed E-state index contributed by atoms with van der Waals surface area (Å²) in [7, 11) is -2.53. The van der Waals surface area contributed by atoms with Crippen molar-refractivity contribution in [2.24, 2.45) is 0 Å². The maximum absolute atomic E-state index is 15.6. The molecule has 15 heteroatoms. The van der Waals surface area contributed by atoms with Crippen LogP contribution in [-0.2, 0) is 23.4 Å². The number of hydrogen-bond acceptors (Lipinski definition) is 11. The number of esters is 1. The van der Waals surface area contributed by atoms with Crippen molar-refractivity contribution in [1.29, 1.82) is 0 Å². The van der Waals surface area contributed by atoms with Crippen LogP contribution < -0.4 is 15.6 Å². The molecule has 1 saturated heterocycles. The molecule has 0 aromatic carbocycles. The van der Waals surface area contributed by atoms with Gasteiger partial charge in [0.1, 0.15) is 24.9 Å². The van der Waals surface area contributed by atoms with E-state index in [-0.39, 0.29) is 29.1 Å². The first kappa shape index (κ1) is 26.1. The van der Waals surface area contributed by atoms with E-state index in [0.29, 0.717) is 6.61 Å². The molecule has 0 bridgehead atoms. The summed E-state index contributed by atoms with van der Waals surface area (Å²) in [6.07, 6.45) is -3.21. The van der Waals surface area contributed by atoms with Crippen molar-refractivity contribution in [1.82, 2.24) is 24.6 Å². The molecule has 0 aliphatic carbocycles. The fraction of sp³-hybridized carbons (Fsp3) is 0.684. The summed E-state index contributed by atoms with van der Waals surface area (Å²) in [6, 6.07) is -0.901. The van der Waals surface area contributed by atoms with Gasteiger partial charge in [0, 0.05) is 0 Å². The molecule has 188 valence electrons. The summed E-state index contributed by atoms with van der Waals surface area (Å²) < 4.78 is 50.4. The van der Waals surface area contributed by atoms with Crippen LogP contribution in [-0.4, -0.2) is 73.8 Å². The molecule has 1 aliphatic rings. The third-order valence-electron chi connectivity index (χ3n) is 5.02. The van der Waals surface area contributed by atoms with Crippen molar-refractivity contribution in [2.75, 3.05) is 18.9 Å². The zero-order valence-electron chi connectivity index (χ0n) is 19.5. The molecule has 3 rings (SSSR count). The SMILES string of the molecule is CCOc1nc(N)nc2c1ncn2C1OC(CO[P+](=O)NC(C)C(=O)OC(C)C)C(O)C1(C)F. The summed E-state index contributed by atoms with van der Waals surface area (Å²) >= 11 is 0. The zero-order chi connectivity index (χ0) is 25.2. The average Bonchev–Trinajstić information content (AvgIpc) is 3.25. The van der Waals surface area contributed by atoms with Crippen LogP contribution in [0.25, 0.3) is 11.2 Å². The van der Waals surface area contributed by atoms with E-state index < -0.39 is 50.9 Å². The number of nitrogens with two attached hydrogens (primary N) is 1. The normalized spacial score (nSPS) is 26.1. The van der Waals surface area contributed by atoms with Crippen LogP contribution in [0.4, 0.5) is 10.3 Å². The Bertz CT molecular complexity index is 1050. The molecule has 13 nitrogen and oxygen atoms in total. The molecule has 6 unspecified atom stereocenters. The number of nitrogen functional groups attached to an aromatic ring is 1. The number of hydrogen-bond donors (Lipinski definition) is 3. The lowest BCUT2D eigenvalue weighted by Crippen LogP contribution is -2.40. The van der Waals surface area contributed by atoms with Crippen molar-refractivity contribution >= 4 is 31.3 Å². The number of nitrogens with one attached hydrogen (secondary N) is 1. The number of aliphatic hydroxyl groups excluding tert-OH is 1. The summed E-state index contributed by atoms with van der Waals surface area (Å²) in [4.78, 5) is 24.1. The standard InChI is InChI=1S/C19H29FN6O7P/c1-6-30-15-12-14(23-18(21)24-15)26(8-22-12)17-19(5,20)13(27)11(33-17)7-31-34(29)25-10(4)16(28)32-9(2)3/h8-11,13,17,27H,6-7H2,1-5H3,(H,25,29)(H2,21,23,24)/q+1. The van der Waals surface area contributed by atoms with E-state index in [2.05, 4.69) is 20.0 Å². The van der Waals surface area contributed by atoms with Gasteiger partial charge in [-0.25, -0.2) is 9.37 Å². The number of alkyl halides is 1. The number of aliphatic hydroxyl groups is 1. The van der Waals surface area contributed by atoms with E-state index >= 15 is 4.39 Å². The predicted molar refractivity (Wildman–Crippen MR) is 118 cm³/mol. The molecular formula is C19H29FN6O7P+. The molecule has 0 spiro atoms. The van der Waals surface area contributed by atoms with Crippen LogP contribution in [0, 0.1) is 0 Å². The molecule has 6 atom stereocenters. The fourth-order valence-electron chi connectivity index (χ4n) is 3.39. The monoisotopic (exact) mass is 503 g/mol. The van der Waals surface area contributed by atoms with Gasteiger partial charge in [0.2, 0.25) is 11.8 Å². The predicted octanol–water partition coefficient (Wildman–Crippen LogP) is 1.40. The summed E-state index contributed by atoms with van der Waals surface area (Å²) in [5, 5.41) is 13.0. The average molecular weight is 503 g/mol. The zero-order valence-corrected chi connectivity index (χ0v) is 20.4. The number of nitrogens with zero attached hydrogens (tertiary/aromatic N) is 4. The topological polar surface area (TPSA) is 173 Å². The molecule has 0 radical (unpaired) electrons. The van der Waals surface area contributed by atoms with Crippen molar-refractivity contribution in [2.45, 2.75) is 70.9 Å². The number of halogens is 1. The van der Waals surface area contributed by atoms with Crippen LogP contribution >= 0.6 is 8.18 Å². The second-order valence-corrected chi connectivity index (χ2v) is 9.19. The number of aromatic nitrogens is 4. The second-order valence-electron chi connectivity index (χ2n) is 8.16. The maximum atomic E-state index is 15.6. The number of ether oxygens (including phenoxy) is 3. The summed E-state index contributed by atoms with van der Waals surface area (Å²) in [5.41, 5.74) is 3.87. The van der Waals surface area contributed by atoms with Crippen molar-refractivity contribution in [3.63, 3.8) is 0 Å². The van der Waals surface area contributed by atoms with Gasteiger partial charge in [0.15, 0.2) is 23.1 Å². The van der Waals surface area contributed by atoms with Gasteiger partial charge in [-0.3, -0.25) is 9.36 Å². The Hall–Kier alpha value is -2.51.